The van der Waals surface area contributed by atoms with E-state index >= 15 is 0 Å². The van der Waals surface area contributed by atoms with Crippen LogP contribution in [0.2, 0.25) is 0 Å². The van der Waals surface area contributed by atoms with Crippen LogP contribution in [0.1, 0.15) is 13.8 Å². The number of imidazole rings is 1. The molecule has 0 aliphatic rings. The molecule has 0 radical (unpaired) electrons. The number of aromatic nitrogens is 4. The molecule has 3 aromatic rings. The molecule has 0 aliphatic carbocycles. The molecule has 1 N–H and O–H groups in total. The van der Waals surface area contributed by atoms with Crippen LogP contribution < -0.4 is 5.32 Å². The summed E-state index contributed by atoms with van der Waals surface area (Å²) in [5.41, 5.74) is 0.540. The van der Waals surface area contributed by atoms with Crippen LogP contribution in [0, 0.1) is 0 Å². The van der Waals surface area contributed by atoms with Crippen LogP contribution in [-0.2, 0) is 11.8 Å². The number of carbonyl (C=O) groups is 1. The summed E-state index contributed by atoms with van der Waals surface area (Å²) in [7, 11) is 1.90. The summed E-state index contributed by atoms with van der Waals surface area (Å²) in [6, 6.07) is 3.60. The molecule has 0 aromatic carbocycles. The summed E-state index contributed by atoms with van der Waals surface area (Å²) < 4.78 is 15.5. The first kappa shape index (κ1) is 15.1. The predicted molar refractivity (Wildman–Crippen MR) is 85.6 cm³/mol. The zero-order valence-electron chi connectivity index (χ0n) is 13.0. The number of hydrogen-bond donors (Lipinski definition) is 1. The highest BCUT2D eigenvalue weighted by Crippen LogP contribution is 2.23. The molecular formula is C16H16FN5O. The van der Waals surface area contributed by atoms with Crippen molar-refractivity contribution in [2.75, 3.05) is 5.32 Å². The Kier molecular flexibility index (Phi) is 3.55. The summed E-state index contributed by atoms with van der Waals surface area (Å²) >= 11 is 0. The largest absolute Gasteiger partial charge is 0.334 e. The van der Waals surface area contributed by atoms with Gasteiger partial charge in [0, 0.05) is 24.2 Å². The minimum Gasteiger partial charge on any atom is -0.334 e. The Bertz CT molecular complexity index is 882. The van der Waals surface area contributed by atoms with E-state index in [2.05, 4.69) is 20.3 Å². The van der Waals surface area contributed by atoms with Gasteiger partial charge in [0.15, 0.2) is 5.67 Å². The average Bonchev–Trinajstić information content (AvgIpc) is 2.91. The van der Waals surface area contributed by atoms with E-state index in [9.17, 15) is 9.18 Å². The van der Waals surface area contributed by atoms with Crippen molar-refractivity contribution < 1.29 is 9.18 Å². The summed E-state index contributed by atoms with van der Waals surface area (Å²) in [6.45, 7) is 2.40. The first-order chi connectivity index (χ1) is 10.8. The van der Waals surface area contributed by atoms with Gasteiger partial charge in [0.1, 0.15) is 5.82 Å². The van der Waals surface area contributed by atoms with Gasteiger partial charge in [-0.25, -0.2) is 14.4 Å². The lowest BCUT2D eigenvalue weighted by Gasteiger charge is -2.13. The number of carbonyl (C=O) groups excluding carboxylic acids is 1. The lowest BCUT2D eigenvalue weighted by Crippen LogP contribution is -2.32. The molecule has 23 heavy (non-hydrogen) atoms. The minimum atomic E-state index is -1.97. The molecule has 0 saturated carbocycles. The second kappa shape index (κ2) is 5.42. The Labute approximate surface area is 132 Å². The lowest BCUT2D eigenvalue weighted by molar-refractivity contribution is -0.125. The molecule has 1 amide bonds. The van der Waals surface area contributed by atoms with Crippen molar-refractivity contribution in [3.63, 3.8) is 0 Å². The molecule has 6 nitrogen and oxygen atoms in total. The highest BCUT2D eigenvalue weighted by molar-refractivity contribution is 5.97. The van der Waals surface area contributed by atoms with Crippen molar-refractivity contribution in [2.45, 2.75) is 19.5 Å². The quantitative estimate of drug-likeness (QED) is 0.807. The standard InChI is InChI=1S/C16H16FN5O/c1-16(2,17)15(23)21-14-5-10-4-11(6-19-12(10)7-20-14)13-8-18-9-22(13)3/h4-9H,1-3H3,(H,20,21,23). The van der Waals surface area contributed by atoms with Crippen molar-refractivity contribution >= 4 is 22.6 Å². The number of aryl methyl sites for hydroxylation is 1. The molecule has 3 rings (SSSR count). The van der Waals surface area contributed by atoms with Gasteiger partial charge in [0.25, 0.3) is 5.91 Å². The number of pyridine rings is 2. The van der Waals surface area contributed by atoms with Crippen LogP contribution in [0.25, 0.3) is 22.2 Å². The van der Waals surface area contributed by atoms with Gasteiger partial charge in [-0.2, -0.15) is 0 Å². The van der Waals surface area contributed by atoms with Crippen LogP contribution >= 0.6 is 0 Å². The van der Waals surface area contributed by atoms with Crippen LogP contribution in [0.3, 0.4) is 0 Å². The summed E-state index contributed by atoms with van der Waals surface area (Å²) in [5.74, 6) is -0.447. The molecule has 118 valence electrons. The topological polar surface area (TPSA) is 72.7 Å². The normalized spacial score (nSPS) is 11.7. The van der Waals surface area contributed by atoms with Gasteiger partial charge in [0.05, 0.1) is 29.9 Å². The van der Waals surface area contributed by atoms with Gasteiger partial charge >= 0.3 is 0 Å². The van der Waals surface area contributed by atoms with E-state index in [1.165, 1.54) is 13.8 Å². The van der Waals surface area contributed by atoms with Crippen molar-refractivity contribution in [3.05, 3.63) is 37.1 Å². The Morgan fingerprint density at radius 1 is 1.22 bits per heavy atom. The van der Waals surface area contributed by atoms with Gasteiger partial charge in [-0.1, -0.05) is 0 Å². The van der Waals surface area contributed by atoms with Gasteiger partial charge in [-0.3, -0.25) is 9.78 Å². The third-order valence-electron chi connectivity index (χ3n) is 3.46. The molecule has 0 aliphatic heterocycles. The fourth-order valence-corrected chi connectivity index (χ4v) is 2.14. The van der Waals surface area contributed by atoms with E-state index < -0.39 is 11.6 Å². The molecule has 0 bridgehead atoms. The minimum absolute atomic E-state index is 0.289. The number of nitrogens with one attached hydrogen (secondary N) is 1. The molecule has 3 heterocycles. The zero-order valence-corrected chi connectivity index (χ0v) is 13.0. The molecule has 0 unspecified atom stereocenters. The summed E-state index contributed by atoms with van der Waals surface area (Å²) in [6.07, 6.45) is 6.74. The number of fused-ring (bicyclic) bond motifs is 1. The van der Waals surface area contributed by atoms with Gasteiger partial charge in [-0.05, 0) is 26.0 Å². The van der Waals surface area contributed by atoms with Crippen molar-refractivity contribution in [2.24, 2.45) is 7.05 Å². The maximum absolute atomic E-state index is 13.6. The van der Waals surface area contributed by atoms with E-state index in [0.29, 0.717) is 5.52 Å². The third kappa shape index (κ3) is 3.03. The first-order valence-electron chi connectivity index (χ1n) is 7.07. The van der Waals surface area contributed by atoms with Crippen molar-refractivity contribution in [3.8, 4) is 11.3 Å². The highest BCUT2D eigenvalue weighted by Gasteiger charge is 2.26. The number of hydrogen-bond acceptors (Lipinski definition) is 4. The number of halogens is 1. The Hall–Kier alpha value is -2.83. The second-order valence-corrected chi connectivity index (χ2v) is 5.80. The van der Waals surface area contributed by atoms with Crippen LogP contribution in [0.4, 0.5) is 10.2 Å². The fourth-order valence-electron chi connectivity index (χ4n) is 2.14. The number of amides is 1. The molecule has 0 spiro atoms. The second-order valence-electron chi connectivity index (χ2n) is 5.80. The van der Waals surface area contributed by atoms with E-state index in [0.717, 1.165) is 16.6 Å². The van der Waals surface area contributed by atoms with E-state index in [1.54, 1.807) is 31.0 Å². The van der Waals surface area contributed by atoms with E-state index in [-0.39, 0.29) is 5.82 Å². The summed E-state index contributed by atoms with van der Waals surface area (Å²) in [4.78, 5) is 24.2. The Morgan fingerprint density at radius 2 is 2.00 bits per heavy atom. The number of rotatable bonds is 3. The average molecular weight is 313 g/mol. The lowest BCUT2D eigenvalue weighted by atomic mass is 10.1. The maximum atomic E-state index is 13.6. The first-order valence-corrected chi connectivity index (χ1v) is 7.07. The predicted octanol–water partition coefficient (Wildman–Crippen LogP) is 2.72. The summed E-state index contributed by atoms with van der Waals surface area (Å²) in [5, 5.41) is 3.27. The van der Waals surface area contributed by atoms with Crippen LogP contribution in [0.5, 0.6) is 0 Å². The Morgan fingerprint density at radius 3 is 2.65 bits per heavy atom. The van der Waals surface area contributed by atoms with Crippen molar-refractivity contribution in [1.82, 2.24) is 19.5 Å². The van der Waals surface area contributed by atoms with Crippen LogP contribution in [-0.4, -0.2) is 31.1 Å². The molecule has 0 fully saturated rings. The number of anilines is 1. The smallest absolute Gasteiger partial charge is 0.262 e. The molecule has 0 saturated heterocycles. The molecule has 0 atom stereocenters. The number of alkyl halides is 1. The highest BCUT2D eigenvalue weighted by atomic mass is 19.1. The Balaban J connectivity index is 1.98. The molecule has 7 heteroatoms. The van der Waals surface area contributed by atoms with Crippen molar-refractivity contribution in [1.29, 1.82) is 0 Å². The van der Waals surface area contributed by atoms with Gasteiger partial charge in [-0.15, -0.1) is 0 Å². The number of nitrogens with zero attached hydrogens (tertiary/aromatic N) is 4. The zero-order chi connectivity index (χ0) is 16.6. The maximum Gasteiger partial charge on any atom is 0.262 e. The fraction of sp³-hybridized carbons (Fsp3) is 0.250. The van der Waals surface area contributed by atoms with E-state index in [4.69, 9.17) is 0 Å². The van der Waals surface area contributed by atoms with Crippen LogP contribution in [0.15, 0.2) is 37.1 Å². The monoisotopic (exact) mass is 313 g/mol. The SMILES string of the molecule is Cn1cncc1-c1cnc2cnc(NC(=O)C(C)(C)F)cc2c1. The van der Waals surface area contributed by atoms with Gasteiger partial charge in [0.2, 0.25) is 0 Å². The van der Waals surface area contributed by atoms with E-state index in [1.807, 2.05) is 17.7 Å². The van der Waals surface area contributed by atoms with Gasteiger partial charge < -0.3 is 9.88 Å². The third-order valence-corrected chi connectivity index (χ3v) is 3.46. The molecule has 3 aromatic heterocycles. The molecular weight excluding hydrogens is 297 g/mol.